The Bertz CT molecular complexity index is 361. The Hall–Kier alpha value is -1.16. The maximum atomic E-state index is 11.6. The van der Waals surface area contributed by atoms with E-state index in [1.54, 1.807) is 10.9 Å². The summed E-state index contributed by atoms with van der Waals surface area (Å²) >= 11 is 0. The molecule has 90 valence electrons. The van der Waals surface area contributed by atoms with Gasteiger partial charge in [-0.2, -0.15) is 0 Å². The minimum absolute atomic E-state index is 0.0150. The highest BCUT2D eigenvalue weighted by Crippen LogP contribution is 2.08. The molecule has 0 spiro atoms. The lowest BCUT2D eigenvalue weighted by atomic mass is 9.99. The molecule has 0 aliphatic heterocycles. The molecule has 4 nitrogen and oxygen atoms in total. The van der Waals surface area contributed by atoms with Gasteiger partial charge >= 0.3 is 0 Å². The van der Waals surface area contributed by atoms with Crippen molar-refractivity contribution in [3.8, 4) is 0 Å². The predicted molar refractivity (Wildman–Crippen MR) is 65.4 cm³/mol. The third kappa shape index (κ3) is 3.45. The zero-order valence-electron chi connectivity index (χ0n) is 10.3. The van der Waals surface area contributed by atoms with Crippen molar-refractivity contribution in [2.75, 3.05) is 6.54 Å². The van der Waals surface area contributed by atoms with Gasteiger partial charge in [0.2, 0.25) is 0 Å². The molecule has 0 aromatic carbocycles. The number of likely N-dealkylation sites (N-methyl/N-ethyl adjacent to an activating group) is 1. The van der Waals surface area contributed by atoms with Crippen LogP contribution in [-0.4, -0.2) is 22.1 Å². The molecule has 0 bridgehead atoms. The van der Waals surface area contributed by atoms with Gasteiger partial charge in [0.15, 0.2) is 0 Å². The highest BCUT2D eigenvalue weighted by molar-refractivity contribution is 4.84. The molecule has 0 aliphatic carbocycles. The first-order valence-electron chi connectivity index (χ1n) is 5.92. The first-order valence-corrected chi connectivity index (χ1v) is 5.92. The molecule has 0 aliphatic rings. The molecule has 0 amide bonds. The molecular weight excluding hydrogens is 202 g/mol. The van der Waals surface area contributed by atoms with Crippen LogP contribution in [-0.2, 0) is 6.54 Å². The van der Waals surface area contributed by atoms with Crippen molar-refractivity contribution in [2.24, 2.45) is 5.92 Å². The van der Waals surface area contributed by atoms with Crippen LogP contribution in [0.3, 0.4) is 0 Å². The van der Waals surface area contributed by atoms with Crippen LogP contribution in [0.1, 0.15) is 27.2 Å². The Balaban J connectivity index is 2.75. The minimum atomic E-state index is 0.0150. The fraction of sp³-hybridized carbons (Fsp3) is 0.667. The van der Waals surface area contributed by atoms with Crippen molar-refractivity contribution in [3.63, 3.8) is 0 Å². The van der Waals surface area contributed by atoms with E-state index >= 15 is 0 Å². The van der Waals surface area contributed by atoms with E-state index in [4.69, 9.17) is 0 Å². The summed E-state index contributed by atoms with van der Waals surface area (Å²) in [4.78, 5) is 15.5. The lowest BCUT2D eigenvalue weighted by Crippen LogP contribution is -2.40. The Kier molecular flexibility index (Phi) is 5.19. The number of aromatic nitrogens is 2. The summed E-state index contributed by atoms with van der Waals surface area (Å²) in [5, 5.41) is 3.42. The molecule has 0 radical (unpaired) electrons. The molecule has 16 heavy (non-hydrogen) atoms. The van der Waals surface area contributed by atoms with Crippen molar-refractivity contribution in [1.29, 1.82) is 0 Å². The Morgan fingerprint density at radius 2 is 2.25 bits per heavy atom. The minimum Gasteiger partial charge on any atom is -0.312 e. The molecule has 1 aromatic rings. The van der Waals surface area contributed by atoms with Gasteiger partial charge in [0, 0.05) is 24.8 Å². The van der Waals surface area contributed by atoms with Crippen LogP contribution in [0.15, 0.2) is 23.4 Å². The lowest BCUT2D eigenvalue weighted by Gasteiger charge is -2.24. The van der Waals surface area contributed by atoms with Crippen LogP contribution in [0, 0.1) is 5.92 Å². The largest absolute Gasteiger partial charge is 0.312 e. The SMILES string of the molecule is CCNC(Cn1cnccc1=O)C(C)CC. The molecule has 4 heteroatoms. The fourth-order valence-electron chi connectivity index (χ4n) is 1.72. The second-order valence-corrected chi connectivity index (χ2v) is 4.12. The summed E-state index contributed by atoms with van der Waals surface area (Å²) in [6, 6.07) is 1.83. The number of hydrogen-bond donors (Lipinski definition) is 1. The van der Waals surface area contributed by atoms with Gasteiger partial charge in [-0.05, 0) is 12.5 Å². The van der Waals surface area contributed by atoms with Gasteiger partial charge in [-0.3, -0.25) is 9.36 Å². The average Bonchev–Trinajstić information content (AvgIpc) is 2.30. The molecular formula is C12H21N3O. The molecule has 2 unspecified atom stereocenters. The van der Waals surface area contributed by atoms with Crippen LogP contribution >= 0.6 is 0 Å². The molecule has 0 saturated carbocycles. The lowest BCUT2D eigenvalue weighted by molar-refractivity contribution is 0.330. The van der Waals surface area contributed by atoms with Gasteiger partial charge in [0.25, 0.3) is 5.56 Å². The first-order chi connectivity index (χ1) is 7.69. The van der Waals surface area contributed by atoms with Crippen LogP contribution in [0.2, 0.25) is 0 Å². The molecule has 0 fully saturated rings. The standard InChI is InChI=1S/C12H21N3O/c1-4-10(3)11(14-5-2)8-15-9-13-7-6-12(15)16/h6-7,9-11,14H,4-5,8H2,1-3H3. The third-order valence-electron chi connectivity index (χ3n) is 2.98. The Morgan fingerprint density at radius 3 is 2.81 bits per heavy atom. The van der Waals surface area contributed by atoms with Gasteiger partial charge in [0.1, 0.15) is 0 Å². The van der Waals surface area contributed by atoms with Gasteiger partial charge in [0.05, 0.1) is 6.33 Å². The maximum absolute atomic E-state index is 11.6. The van der Waals surface area contributed by atoms with E-state index in [0.29, 0.717) is 18.5 Å². The highest BCUT2D eigenvalue weighted by Gasteiger charge is 2.15. The average molecular weight is 223 g/mol. The molecule has 1 rings (SSSR count). The summed E-state index contributed by atoms with van der Waals surface area (Å²) in [7, 11) is 0. The zero-order chi connectivity index (χ0) is 12.0. The van der Waals surface area contributed by atoms with Crippen molar-refractivity contribution in [3.05, 3.63) is 28.9 Å². The maximum Gasteiger partial charge on any atom is 0.253 e. The number of hydrogen-bond acceptors (Lipinski definition) is 3. The van der Waals surface area contributed by atoms with Crippen LogP contribution in [0.5, 0.6) is 0 Å². The molecule has 0 saturated heterocycles. The van der Waals surface area contributed by atoms with E-state index in [0.717, 1.165) is 13.0 Å². The van der Waals surface area contributed by atoms with Crippen LogP contribution < -0.4 is 10.9 Å². The molecule has 1 heterocycles. The van der Waals surface area contributed by atoms with E-state index in [9.17, 15) is 4.79 Å². The van der Waals surface area contributed by atoms with Crippen molar-refractivity contribution < 1.29 is 0 Å². The topological polar surface area (TPSA) is 46.9 Å². The summed E-state index contributed by atoms with van der Waals surface area (Å²) in [5.41, 5.74) is 0.0150. The third-order valence-corrected chi connectivity index (χ3v) is 2.98. The zero-order valence-corrected chi connectivity index (χ0v) is 10.3. The number of nitrogens with one attached hydrogen (secondary N) is 1. The van der Waals surface area contributed by atoms with Gasteiger partial charge in [-0.25, -0.2) is 4.98 Å². The second-order valence-electron chi connectivity index (χ2n) is 4.12. The quantitative estimate of drug-likeness (QED) is 0.790. The Morgan fingerprint density at radius 1 is 1.50 bits per heavy atom. The number of nitrogens with zero attached hydrogens (tertiary/aromatic N) is 2. The fourth-order valence-corrected chi connectivity index (χ4v) is 1.72. The van der Waals surface area contributed by atoms with Crippen molar-refractivity contribution in [2.45, 2.75) is 39.8 Å². The van der Waals surface area contributed by atoms with E-state index in [1.165, 1.54) is 12.3 Å². The summed E-state index contributed by atoms with van der Waals surface area (Å²) in [6.07, 6.45) is 4.24. The van der Waals surface area contributed by atoms with E-state index < -0.39 is 0 Å². The van der Waals surface area contributed by atoms with E-state index in [-0.39, 0.29) is 5.56 Å². The molecule has 1 N–H and O–H groups in total. The van der Waals surface area contributed by atoms with E-state index in [1.807, 2.05) is 0 Å². The normalized spacial score (nSPS) is 14.7. The number of rotatable bonds is 6. The molecule has 1 aromatic heterocycles. The summed E-state index contributed by atoms with van der Waals surface area (Å²) in [6.45, 7) is 8.07. The Labute approximate surface area is 96.7 Å². The van der Waals surface area contributed by atoms with Gasteiger partial charge < -0.3 is 5.32 Å². The summed E-state index contributed by atoms with van der Waals surface area (Å²) < 4.78 is 1.67. The summed E-state index contributed by atoms with van der Waals surface area (Å²) in [5.74, 6) is 0.548. The predicted octanol–water partition coefficient (Wildman–Crippen LogP) is 1.27. The highest BCUT2D eigenvalue weighted by atomic mass is 16.1. The van der Waals surface area contributed by atoms with Crippen LogP contribution in [0.4, 0.5) is 0 Å². The molecule has 2 atom stereocenters. The van der Waals surface area contributed by atoms with Gasteiger partial charge in [-0.15, -0.1) is 0 Å². The smallest absolute Gasteiger partial charge is 0.253 e. The van der Waals surface area contributed by atoms with Crippen LogP contribution in [0.25, 0.3) is 0 Å². The second kappa shape index (κ2) is 6.43. The van der Waals surface area contributed by atoms with Crippen molar-refractivity contribution >= 4 is 0 Å². The van der Waals surface area contributed by atoms with Gasteiger partial charge in [-0.1, -0.05) is 27.2 Å². The first kappa shape index (κ1) is 12.9. The van der Waals surface area contributed by atoms with Crippen molar-refractivity contribution in [1.82, 2.24) is 14.9 Å². The monoisotopic (exact) mass is 223 g/mol. The van der Waals surface area contributed by atoms with E-state index in [2.05, 4.69) is 31.1 Å².